The molecule has 2 aromatic rings. The molecule has 1 atom stereocenters. The molecule has 1 unspecified atom stereocenters. The van der Waals surface area contributed by atoms with E-state index in [2.05, 4.69) is 48.6 Å². The molecule has 0 aliphatic heterocycles. The van der Waals surface area contributed by atoms with Crippen molar-refractivity contribution in [3.05, 3.63) is 65.7 Å². The number of aliphatic hydroxyl groups excluding tert-OH is 1. The summed E-state index contributed by atoms with van der Waals surface area (Å²) in [6.07, 6.45) is -0.328. The quantitative estimate of drug-likeness (QED) is 0.767. The van der Waals surface area contributed by atoms with Crippen molar-refractivity contribution < 1.29 is 5.11 Å². The first kappa shape index (κ1) is 15.1. The van der Waals surface area contributed by atoms with Crippen molar-refractivity contribution in [2.45, 2.75) is 24.5 Å². The first-order valence-corrected chi connectivity index (χ1v) is 7.85. The number of aryl methyl sites for hydroxylation is 1. The van der Waals surface area contributed by atoms with Crippen LogP contribution >= 0.6 is 11.8 Å². The zero-order valence-electron chi connectivity index (χ0n) is 11.8. The summed E-state index contributed by atoms with van der Waals surface area (Å²) in [7, 11) is 0. The van der Waals surface area contributed by atoms with Crippen LogP contribution in [0.5, 0.6) is 0 Å². The van der Waals surface area contributed by atoms with Gasteiger partial charge in [-0.25, -0.2) is 0 Å². The second-order valence-electron chi connectivity index (χ2n) is 4.89. The lowest BCUT2D eigenvalue weighted by atomic mass is 10.1. The molecule has 0 aliphatic carbocycles. The Balaban J connectivity index is 1.65. The van der Waals surface area contributed by atoms with E-state index in [1.54, 1.807) is 11.8 Å². The zero-order chi connectivity index (χ0) is 14.2. The highest BCUT2D eigenvalue weighted by Crippen LogP contribution is 2.17. The average molecular weight is 287 g/mol. The van der Waals surface area contributed by atoms with Crippen LogP contribution in [0, 0.1) is 6.92 Å². The standard InChI is InChI=1S/C17H21NOS/c1-14-7-9-15(10-8-14)11-18-12-16(19)13-20-17-5-3-2-4-6-17/h2-10,16,18-19H,11-13H2,1H3. The van der Waals surface area contributed by atoms with Crippen LogP contribution < -0.4 is 5.32 Å². The normalized spacial score (nSPS) is 12.3. The maximum atomic E-state index is 9.95. The van der Waals surface area contributed by atoms with Crippen molar-refractivity contribution >= 4 is 11.8 Å². The van der Waals surface area contributed by atoms with E-state index in [0.29, 0.717) is 12.3 Å². The largest absolute Gasteiger partial charge is 0.391 e. The Morgan fingerprint density at radius 1 is 1.05 bits per heavy atom. The molecule has 0 amide bonds. The minimum Gasteiger partial charge on any atom is -0.391 e. The van der Waals surface area contributed by atoms with Gasteiger partial charge in [0.25, 0.3) is 0 Å². The summed E-state index contributed by atoms with van der Waals surface area (Å²) in [6, 6.07) is 18.6. The van der Waals surface area contributed by atoms with Gasteiger partial charge in [-0.3, -0.25) is 0 Å². The molecule has 0 heterocycles. The zero-order valence-corrected chi connectivity index (χ0v) is 12.6. The molecule has 0 aromatic heterocycles. The van der Waals surface area contributed by atoms with E-state index in [0.717, 1.165) is 6.54 Å². The smallest absolute Gasteiger partial charge is 0.0758 e. The van der Waals surface area contributed by atoms with Crippen LogP contribution in [0.15, 0.2) is 59.5 Å². The van der Waals surface area contributed by atoms with E-state index in [1.165, 1.54) is 16.0 Å². The van der Waals surface area contributed by atoms with Crippen LogP contribution in [0.1, 0.15) is 11.1 Å². The molecule has 2 aromatic carbocycles. The van der Waals surface area contributed by atoms with Gasteiger partial charge in [-0.05, 0) is 24.6 Å². The lowest BCUT2D eigenvalue weighted by Crippen LogP contribution is -2.28. The van der Waals surface area contributed by atoms with E-state index < -0.39 is 0 Å². The van der Waals surface area contributed by atoms with E-state index in [4.69, 9.17) is 0 Å². The van der Waals surface area contributed by atoms with Gasteiger partial charge >= 0.3 is 0 Å². The monoisotopic (exact) mass is 287 g/mol. The first-order chi connectivity index (χ1) is 9.74. The van der Waals surface area contributed by atoms with E-state index >= 15 is 0 Å². The summed E-state index contributed by atoms with van der Waals surface area (Å²) in [4.78, 5) is 1.20. The van der Waals surface area contributed by atoms with Crippen molar-refractivity contribution in [2.75, 3.05) is 12.3 Å². The number of nitrogens with one attached hydrogen (secondary N) is 1. The Kier molecular flexibility index (Phi) is 6.12. The Hall–Kier alpha value is -1.29. The molecule has 2 N–H and O–H groups in total. The highest BCUT2D eigenvalue weighted by Gasteiger charge is 2.04. The summed E-state index contributed by atoms with van der Waals surface area (Å²) in [5, 5.41) is 13.2. The predicted molar refractivity (Wildman–Crippen MR) is 86.1 cm³/mol. The topological polar surface area (TPSA) is 32.3 Å². The Morgan fingerprint density at radius 3 is 2.45 bits per heavy atom. The minimum absolute atomic E-state index is 0.328. The van der Waals surface area contributed by atoms with Crippen molar-refractivity contribution in [1.29, 1.82) is 0 Å². The maximum absolute atomic E-state index is 9.95. The molecule has 20 heavy (non-hydrogen) atoms. The fraction of sp³-hybridized carbons (Fsp3) is 0.294. The van der Waals surface area contributed by atoms with Crippen LogP contribution in [-0.2, 0) is 6.54 Å². The minimum atomic E-state index is -0.328. The first-order valence-electron chi connectivity index (χ1n) is 6.86. The van der Waals surface area contributed by atoms with Crippen LogP contribution in [0.25, 0.3) is 0 Å². The van der Waals surface area contributed by atoms with Gasteiger partial charge in [0, 0.05) is 23.7 Å². The van der Waals surface area contributed by atoms with Gasteiger partial charge in [0.15, 0.2) is 0 Å². The Morgan fingerprint density at radius 2 is 1.75 bits per heavy atom. The lowest BCUT2D eigenvalue weighted by Gasteiger charge is -2.11. The molecule has 0 spiro atoms. The fourth-order valence-electron chi connectivity index (χ4n) is 1.86. The number of rotatable bonds is 7. The second kappa shape index (κ2) is 8.10. The van der Waals surface area contributed by atoms with Crippen molar-refractivity contribution in [2.24, 2.45) is 0 Å². The number of thioether (sulfide) groups is 1. The van der Waals surface area contributed by atoms with Crippen LogP contribution in [-0.4, -0.2) is 23.5 Å². The van der Waals surface area contributed by atoms with Crippen molar-refractivity contribution in [3.8, 4) is 0 Å². The molecular formula is C17H21NOS. The van der Waals surface area contributed by atoms with Crippen LogP contribution in [0.4, 0.5) is 0 Å². The molecule has 0 aliphatic rings. The van der Waals surface area contributed by atoms with Gasteiger partial charge in [0.2, 0.25) is 0 Å². The van der Waals surface area contributed by atoms with Gasteiger partial charge in [-0.2, -0.15) is 0 Å². The predicted octanol–water partition coefficient (Wildman–Crippen LogP) is 3.24. The summed E-state index contributed by atoms with van der Waals surface area (Å²) < 4.78 is 0. The van der Waals surface area contributed by atoms with Crippen molar-refractivity contribution in [1.82, 2.24) is 5.32 Å². The average Bonchev–Trinajstić information content (AvgIpc) is 2.48. The molecule has 0 saturated heterocycles. The van der Waals surface area contributed by atoms with E-state index in [1.807, 2.05) is 18.2 Å². The summed E-state index contributed by atoms with van der Waals surface area (Å²) >= 11 is 1.69. The Bertz CT molecular complexity index is 498. The highest BCUT2D eigenvalue weighted by molar-refractivity contribution is 7.99. The van der Waals surface area contributed by atoms with Crippen LogP contribution in [0.2, 0.25) is 0 Å². The number of hydrogen-bond acceptors (Lipinski definition) is 3. The molecule has 0 bridgehead atoms. The lowest BCUT2D eigenvalue weighted by molar-refractivity contribution is 0.195. The summed E-state index contributed by atoms with van der Waals surface area (Å²) in [5.74, 6) is 0.713. The summed E-state index contributed by atoms with van der Waals surface area (Å²) in [5.41, 5.74) is 2.52. The summed E-state index contributed by atoms with van der Waals surface area (Å²) in [6.45, 7) is 3.50. The van der Waals surface area contributed by atoms with Gasteiger partial charge in [-0.15, -0.1) is 11.8 Å². The maximum Gasteiger partial charge on any atom is 0.0758 e. The Labute approximate surface area is 125 Å². The SMILES string of the molecule is Cc1ccc(CNCC(O)CSc2ccccc2)cc1. The molecule has 3 heteroatoms. The van der Waals surface area contributed by atoms with Crippen LogP contribution in [0.3, 0.4) is 0 Å². The molecule has 2 nitrogen and oxygen atoms in total. The molecule has 0 fully saturated rings. The third-order valence-electron chi connectivity index (χ3n) is 3.02. The molecule has 106 valence electrons. The third-order valence-corrected chi connectivity index (χ3v) is 4.17. The van der Waals surface area contributed by atoms with Crippen molar-refractivity contribution in [3.63, 3.8) is 0 Å². The van der Waals surface area contributed by atoms with E-state index in [9.17, 15) is 5.11 Å². The third kappa shape index (κ3) is 5.37. The second-order valence-corrected chi connectivity index (χ2v) is 5.99. The molecule has 2 rings (SSSR count). The highest BCUT2D eigenvalue weighted by atomic mass is 32.2. The molecular weight excluding hydrogens is 266 g/mol. The van der Waals surface area contributed by atoms with E-state index in [-0.39, 0.29) is 6.10 Å². The number of aliphatic hydroxyl groups is 1. The van der Waals surface area contributed by atoms with Gasteiger partial charge < -0.3 is 10.4 Å². The fourth-order valence-corrected chi connectivity index (χ4v) is 2.71. The number of benzene rings is 2. The molecule has 0 saturated carbocycles. The number of hydrogen-bond donors (Lipinski definition) is 2. The van der Waals surface area contributed by atoms with Gasteiger partial charge in [0.05, 0.1) is 6.10 Å². The van der Waals surface area contributed by atoms with Gasteiger partial charge in [-0.1, -0.05) is 48.0 Å². The van der Waals surface area contributed by atoms with Gasteiger partial charge in [0.1, 0.15) is 0 Å². The molecule has 0 radical (unpaired) electrons.